The summed E-state index contributed by atoms with van der Waals surface area (Å²) in [6, 6.07) is 25.4. The minimum absolute atomic E-state index is 0.00842. The summed E-state index contributed by atoms with van der Waals surface area (Å²) in [6.07, 6.45) is 5.47. The number of anilines is 2. The van der Waals surface area contributed by atoms with E-state index in [9.17, 15) is 0 Å². The number of nitrogens with zero attached hydrogens (tertiary/aromatic N) is 4. The number of pyridine rings is 1. The van der Waals surface area contributed by atoms with Gasteiger partial charge in [-0.1, -0.05) is 36.4 Å². The molecule has 3 aromatic heterocycles. The molecule has 0 atom stereocenters. The highest BCUT2D eigenvalue weighted by molar-refractivity contribution is 5.81. The van der Waals surface area contributed by atoms with E-state index in [2.05, 4.69) is 43.0 Å². The van der Waals surface area contributed by atoms with E-state index in [1.165, 1.54) is 10.9 Å². The summed E-state index contributed by atoms with van der Waals surface area (Å²) in [5.74, 6) is 1.92. The second-order valence-corrected chi connectivity index (χ2v) is 6.84. The topological polar surface area (TPSA) is 85.1 Å². The second-order valence-electron chi connectivity index (χ2n) is 6.84. The summed E-state index contributed by atoms with van der Waals surface area (Å²) in [5, 5.41) is 13.3. The first-order chi connectivity index (χ1) is 15.8. The quantitative estimate of drug-likeness (QED) is 0.423. The Hall–Kier alpha value is -4.23. The smallest absolute Gasteiger partial charge is 0.230 e. The standard InChI is InChI=1S/C13H10N2.C12H13N3O2/c1-2-6-12-11(5-1)8-10-15(12)13-7-3-4-9-14-13;1-17-11-5-6-13-12(15-11)14-10-4-2-3-9(7-10)8-16/h1-10H;2-7,16H,8H2,1H3,(H,13,14,15). The molecule has 0 amide bonds. The number of rotatable bonds is 5. The highest BCUT2D eigenvalue weighted by Crippen LogP contribution is 2.18. The van der Waals surface area contributed by atoms with Crippen LogP contribution in [0.25, 0.3) is 16.7 Å². The highest BCUT2D eigenvalue weighted by Gasteiger charge is 2.02. The number of ether oxygens (including phenoxy) is 1. The molecule has 5 aromatic rings. The maximum absolute atomic E-state index is 9.03. The molecular formula is C25H23N5O2. The Morgan fingerprint density at radius 2 is 1.78 bits per heavy atom. The van der Waals surface area contributed by atoms with Gasteiger partial charge in [0.25, 0.3) is 0 Å². The van der Waals surface area contributed by atoms with Crippen LogP contribution < -0.4 is 10.1 Å². The van der Waals surface area contributed by atoms with Crippen molar-refractivity contribution in [3.8, 4) is 11.7 Å². The molecule has 7 heteroatoms. The Morgan fingerprint density at radius 3 is 2.59 bits per heavy atom. The number of aromatic nitrogens is 4. The first kappa shape index (κ1) is 21.0. The van der Waals surface area contributed by atoms with E-state index < -0.39 is 0 Å². The Bertz CT molecular complexity index is 1240. The van der Waals surface area contributed by atoms with Gasteiger partial charge in [0.05, 0.1) is 19.2 Å². The van der Waals surface area contributed by atoms with Crippen LogP contribution in [0.5, 0.6) is 5.88 Å². The molecule has 5 rings (SSSR count). The van der Waals surface area contributed by atoms with E-state index >= 15 is 0 Å². The first-order valence-corrected chi connectivity index (χ1v) is 10.1. The number of nitrogens with one attached hydrogen (secondary N) is 1. The van der Waals surface area contributed by atoms with Crippen LogP contribution >= 0.6 is 0 Å². The van der Waals surface area contributed by atoms with Gasteiger partial charge in [-0.3, -0.25) is 0 Å². The van der Waals surface area contributed by atoms with Gasteiger partial charge in [-0.05, 0) is 47.3 Å². The lowest BCUT2D eigenvalue weighted by molar-refractivity contribution is 0.282. The molecule has 0 radical (unpaired) electrons. The number of hydrogen-bond donors (Lipinski definition) is 2. The van der Waals surface area contributed by atoms with E-state index in [4.69, 9.17) is 9.84 Å². The molecule has 0 aliphatic rings. The van der Waals surface area contributed by atoms with Crippen LogP contribution in [0.2, 0.25) is 0 Å². The predicted octanol–water partition coefficient (Wildman–Crippen LogP) is 4.75. The zero-order valence-corrected chi connectivity index (χ0v) is 17.6. The molecule has 0 saturated heterocycles. The lowest BCUT2D eigenvalue weighted by atomic mass is 10.2. The Labute approximate surface area is 186 Å². The third-order valence-corrected chi connectivity index (χ3v) is 4.70. The maximum Gasteiger partial charge on any atom is 0.230 e. The molecule has 160 valence electrons. The molecule has 0 unspecified atom stereocenters. The van der Waals surface area contributed by atoms with E-state index in [0.717, 1.165) is 17.1 Å². The number of hydrogen-bond acceptors (Lipinski definition) is 6. The van der Waals surface area contributed by atoms with Gasteiger partial charge in [0.2, 0.25) is 11.8 Å². The largest absolute Gasteiger partial charge is 0.481 e. The Kier molecular flexibility index (Phi) is 6.69. The minimum atomic E-state index is 0.00842. The molecule has 32 heavy (non-hydrogen) atoms. The van der Waals surface area contributed by atoms with E-state index in [0.29, 0.717) is 11.8 Å². The average Bonchev–Trinajstić information content (AvgIpc) is 3.29. The molecule has 2 aromatic carbocycles. The molecule has 0 spiro atoms. The second kappa shape index (κ2) is 10.2. The number of aliphatic hydroxyl groups excluding tert-OH is 1. The van der Waals surface area contributed by atoms with Crippen LogP contribution in [0.15, 0.2) is 97.5 Å². The maximum atomic E-state index is 9.03. The summed E-state index contributed by atoms with van der Waals surface area (Å²) < 4.78 is 7.10. The van der Waals surface area contributed by atoms with Crippen LogP contribution in [-0.4, -0.2) is 31.7 Å². The van der Waals surface area contributed by atoms with E-state index in [1.807, 2.05) is 67.0 Å². The zero-order chi connectivity index (χ0) is 22.2. The summed E-state index contributed by atoms with van der Waals surface area (Å²) >= 11 is 0. The highest BCUT2D eigenvalue weighted by atomic mass is 16.5. The van der Waals surface area contributed by atoms with Crippen molar-refractivity contribution in [2.75, 3.05) is 12.4 Å². The van der Waals surface area contributed by atoms with Crippen molar-refractivity contribution in [2.45, 2.75) is 6.61 Å². The fourth-order valence-corrected chi connectivity index (χ4v) is 3.17. The van der Waals surface area contributed by atoms with Gasteiger partial charge in [0.15, 0.2) is 0 Å². The van der Waals surface area contributed by atoms with Gasteiger partial charge in [0, 0.05) is 30.3 Å². The van der Waals surface area contributed by atoms with Gasteiger partial charge in [-0.15, -0.1) is 0 Å². The van der Waals surface area contributed by atoms with Crippen LogP contribution in [0.1, 0.15) is 5.56 Å². The summed E-state index contributed by atoms with van der Waals surface area (Å²) in [5.41, 5.74) is 2.85. The van der Waals surface area contributed by atoms with Crippen LogP contribution in [-0.2, 0) is 6.61 Å². The van der Waals surface area contributed by atoms with Crippen molar-refractivity contribution in [3.63, 3.8) is 0 Å². The molecule has 7 nitrogen and oxygen atoms in total. The number of para-hydroxylation sites is 1. The molecule has 2 N–H and O–H groups in total. The fraction of sp³-hybridized carbons (Fsp3) is 0.0800. The molecule has 0 saturated carbocycles. The fourth-order valence-electron chi connectivity index (χ4n) is 3.17. The van der Waals surface area contributed by atoms with Crippen molar-refractivity contribution in [2.24, 2.45) is 0 Å². The van der Waals surface area contributed by atoms with Crippen molar-refractivity contribution < 1.29 is 9.84 Å². The first-order valence-electron chi connectivity index (χ1n) is 10.1. The molecular weight excluding hydrogens is 402 g/mol. The van der Waals surface area contributed by atoms with Crippen molar-refractivity contribution in [1.29, 1.82) is 0 Å². The number of fused-ring (bicyclic) bond motifs is 1. The Balaban J connectivity index is 0.000000154. The lowest BCUT2D eigenvalue weighted by Gasteiger charge is -2.06. The van der Waals surface area contributed by atoms with Crippen LogP contribution in [0.4, 0.5) is 11.6 Å². The lowest BCUT2D eigenvalue weighted by Crippen LogP contribution is -1.98. The van der Waals surface area contributed by atoms with E-state index in [-0.39, 0.29) is 6.61 Å². The molecule has 0 aliphatic carbocycles. The molecule has 3 heterocycles. The SMILES string of the molecule is COc1ccnc(Nc2cccc(CO)c2)n1.c1ccc(-n2ccc3ccccc32)nc1. The van der Waals surface area contributed by atoms with Crippen LogP contribution in [0.3, 0.4) is 0 Å². The normalized spacial score (nSPS) is 10.3. The third kappa shape index (κ3) is 5.08. The number of aliphatic hydroxyl groups is 1. The van der Waals surface area contributed by atoms with Gasteiger partial charge in [-0.25, -0.2) is 9.97 Å². The van der Waals surface area contributed by atoms with Crippen molar-refractivity contribution in [1.82, 2.24) is 19.5 Å². The van der Waals surface area contributed by atoms with Gasteiger partial charge >= 0.3 is 0 Å². The molecule has 0 aliphatic heterocycles. The number of benzene rings is 2. The van der Waals surface area contributed by atoms with Gasteiger partial charge in [0.1, 0.15) is 5.82 Å². The summed E-state index contributed by atoms with van der Waals surface area (Å²) in [4.78, 5) is 12.5. The monoisotopic (exact) mass is 425 g/mol. The predicted molar refractivity (Wildman–Crippen MR) is 125 cm³/mol. The van der Waals surface area contributed by atoms with Crippen LogP contribution in [0, 0.1) is 0 Å². The van der Waals surface area contributed by atoms with Gasteiger partial charge < -0.3 is 19.7 Å². The van der Waals surface area contributed by atoms with Crippen molar-refractivity contribution in [3.05, 3.63) is 103 Å². The minimum Gasteiger partial charge on any atom is -0.481 e. The number of methoxy groups -OCH3 is 1. The summed E-state index contributed by atoms with van der Waals surface area (Å²) in [7, 11) is 1.55. The van der Waals surface area contributed by atoms with E-state index in [1.54, 1.807) is 19.4 Å². The Morgan fingerprint density at radius 1 is 0.906 bits per heavy atom. The summed E-state index contributed by atoms with van der Waals surface area (Å²) in [6.45, 7) is 0.00842. The molecule has 0 fully saturated rings. The zero-order valence-electron chi connectivity index (χ0n) is 17.6. The average molecular weight is 425 g/mol. The van der Waals surface area contributed by atoms with Gasteiger partial charge in [-0.2, -0.15) is 4.98 Å². The van der Waals surface area contributed by atoms with Crippen molar-refractivity contribution >= 4 is 22.5 Å². The molecule has 0 bridgehead atoms. The third-order valence-electron chi connectivity index (χ3n) is 4.70.